The lowest BCUT2D eigenvalue weighted by molar-refractivity contribution is -0.164. The first-order valence-electron chi connectivity index (χ1n) is 7.69. The fraction of sp³-hybridized carbons (Fsp3) is 0.412. The van der Waals surface area contributed by atoms with Crippen molar-refractivity contribution in [2.75, 3.05) is 26.8 Å². The third-order valence-corrected chi connectivity index (χ3v) is 3.97. The molecule has 1 aliphatic heterocycles. The van der Waals surface area contributed by atoms with Gasteiger partial charge in [0.2, 0.25) is 5.91 Å². The summed E-state index contributed by atoms with van der Waals surface area (Å²) < 4.78 is 23.4. The minimum atomic E-state index is -0.927. The Morgan fingerprint density at radius 2 is 2.12 bits per heavy atom. The molecule has 1 fully saturated rings. The maximum Gasteiger partial charge on any atom is 0.223 e. The summed E-state index contributed by atoms with van der Waals surface area (Å²) in [6.07, 6.45) is 2.19. The van der Waals surface area contributed by atoms with Crippen LogP contribution in [0.25, 0.3) is 11.3 Å². The van der Waals surface area contributed by atoms with Gasteiger partial charge in [0.25, 0.3) is 0 Å². The number of amides is 1. The van der Waals surface area contributed by atoms with E-state index in [9.17, 15) is 14.3 Å². The third kappa shape index (κ3) is 3.63. The van der Waals surface area contributed by atoms with Crippen molar-refractivity contribution in [2.24, 2.45) is 0 Å². The van der Waals surface area contributed by atoms with E-state index in [2.05, 4.69) is 4.98 Å². The highest BCUT2D eigenvalue weighted by Gasteiger charge is 2.43. The molecule has 1 aromatic heterocycles. The molecule has 0 unspecified atom stereocenters. The molecule has 1 saturated heterocycles. The van der Waals surface area contributed by atoms with Crippen LogP contribution >= 0.6 is 0 Å². The van der Waals surface area contributed by atoms with Gasteiger partial charge in [-0.3, -0.25) is 4.79 Å². The van der Waals surface area contributed by atoms with Crippen LogP contribution in [0.2, 0.25) is 0 Å². The number of carbonyl (C=O) groups excluding carboxylic acids is 1. The summed E-state index contributed by atoms with van der Waals surface area (Å²) in [5.41, 5.74) is -0.197. The number of benzene rings is 1. The van der Waals surface area contributed by atoms with E-state index in [0.717, 1.165) is 5.56 Å². The average Bonchev–Trinajstić information content (AvgIpc) is 3.00. The Balaban J connectivity index is 1.51. The molecule has 2 heterocycles. The number of β-amino-alcohol motifs (C(OH)–C–C–N with tert-alkyl or cyclic N) is 1. The van der Waals surface area contributed by atoms with Crippen molar-refractivity contribution in [1.82, 2.24) is 9.88 Å². The van der Waals surface area contributed by atoms with Crippen molar-refractivity contribution in [3.8, 4) is 11.3 Å². The number of hydrogen-bond acceptors (Lipinski definition) is 5. The molecule has 0 bridgehead atoms. The van der Waals surface area contributed by atoms with Crippen molar-refractivity contribution in [1.29, 1.82) is 0 Å². The van der Waals surface area contributed by atoms with Crippen molar-refractivity contribution in [3.05, 3.63) is 42.2 Å². The first kappa shape index (κ1) is 16.6. The number of halogens is 1. The minimum absolute atomic E-state index is 0.0580. The van der Waals surface area contributed by atoms with Crippen LogP contribution < -0.4 is 0 Å². The number of methoxy groups -OCH3 is 1. The SMILES string of the molecule is COCC1(O)CN(C(=O)CCc2ncc(-c3ccc(F)cc3)o2)C1. The number of aliphatic hydroxyl groups is 1. The van der Waals surface area contributed by atoms with Gasteiger partial charge in [0.15, 0.2) is 11.7 Å². The topological polar surface area (TPSA) is 75.8 Å². The summed E-state index contributed by atoms with van der Waals surface area (Å²) >= 11 is 0. The summed E-state index contributed by atoms with van der Waals surface area (Å²) in [7, 11) is 1.52. The molecule has 2 aromatic rings. The number of rotatable bonds is 6. The largest absolute Gasteiger partial charge is 0.441 e. The normalized spacial score (nSPS) is 16.0. The van der Waals surface area contributed by atoms with Gasteiger partial charge in [-0.2, -0.15) is 0 Å². The van der Waals surface area contributed by atoms with Gasteiger partial charge >= 0.3 is 0 Å². The Hall–Kier alpha value is -2.25. The molecule has 7 heteroatoms. The van der Waals surface area contributed by atoms with Gasteiger partial charge in [-0.1, -0.05) is 0 Å². The number of aryl methyl sites for hydroxylation is 1. The van der Waals surface area contributed by atoms with Crippen LogP contribution in [0.4, 0.5) is 4.39 Å². The number of likely N-dealkylation sites (tertiary alicyclic amines) is 1. The van der Waals surface area contributed by atoms with Gasteiger partial charge in [-0.15, -0.1) is 0 Å². The van der Waals surface area contributed by atoms with Crippen LogP contribution in [0.3, 0.4) is 0 Å². The standard InChI is InChI=1S/C17H19FN2O4/c1-23-11-17(22)9-20(10-17)16(21)7-6-15-19-8-14(24-15)12-2-4-13(18)5-3-12/h2-5,8,22H,6-7,9-11H2,1H3. The molecule has 1 amide bonds. The molecule has 1 N–H and O–H groups in total. The lowest BCUT2D eigenvalue weighted by atomic mass is 9.95. The molecule has 1 aromatic carbocycles. The van der Waals surface area contributed by atoms with Crippen LogP contribution in [-0.2, 0) is 16.0 Å². The molecule has 0 spiro atoms. The van der Waals surface area contributed by atoms with Gasteiger partial charge in [0.05, 0.1) is 25.9 Å². The first-order valence-corrected chi connectivity index (χ1v) is 7.69. The zero-order valence-corrected chi connectivity index (χ0v) is 13.4. The second kappa shape index (κ2) is 6.70. The first-order chi connectivity index (χ1) is 11.5. The van der Waals surface area contributed by atoms with Crippen LogP contribution in [0.1, 0.15) is 12.3 Å². The predicted molar refractivity (Wildman–Crippen MR) is 83.6 cm³/mol. The molecule has 0 saturated carbocycles. The second-order valence-corrected chi connectivity index (χ2v) is 6.03. The molecule has 3 rings (SSSR count). The lowest BCUT2D eigenvalue weighted by Crippen LogP contribution is -2.65. The van der Waals surface area contributed by atoms with Gasteiger partial charge in [0, 0.05) is 25.5 Å². The van der Waals surface area contributed by atoms with Crippen LogP contribution in [0, 0.1) is 5.82 Å². The van der Waals surface area contributed by atoms with Crippen LogP contribution in [0.5, 0.6) is 0 Å². The molecule has 0 atom stereocenters. The molecular weight excluding hydrogens is 315 g/mol. The molecule has 1 aliphatic rings. The molecule has 24 heavy (non-hydrogen) atoms. The molecule has 128 valence electrons. The lowest BCUT2D eigenvalue weighted by Gasteiger charge is -2.46. The van der Waals surface area contributed by atoms with Gasteiger partial charge in [-0.05, 0) is 24.3 Å². The monoisotopic (exact) mass is 334 g/mol. The Morgan fingerprint density at radius 1 is 1.42 bits per heavy atom. The molecule has 0 aliphatic carbocycles. The number of aromatic nitrogens is 1. The fourth-order valence-electron chi connectivity index (χ4n) is 2.75. The predicted octanol–water partition coefficient (Wildman–Crippen LogP) is 1.63. The summed E-state index contributed by atoms with van der Waals surface area (Å²) in [6.45, 7) is 0.787. The molecular formula is C17H19FN2O4. The number of oxazole rings is 1. The fourth-order valence-corrected chi connectivity index (χ4v) is 2.75. The molecule has 6 nitrogen and oxygen atoms in total. The van der Waals surface area contributed by atoms with E-state index >= 15 is 0 Å². The van der Waals surface area contributed by atoms with E-state index in [1.54, 1.807) is 23.2 Å². The summed E-state index contributed by atoms with van der Waals surface area (Å²) in [5, 5.41) is 9.99. The Morgan fingerprint density at radius 3 is 2.79 bits per heavy atom. The van der Waals surface area contributed by atoms with E-state index in [4.69, 9.17) is 9.15 Å². The Kier molecular flexibility index (Phi) is 4.64. The average molecular weight is 334 g/mol. The number of carbonyl (C=O) groups is 1. The van der Waals surface area contributed by atoms with E-state index in [0.29, 0.717) is 18.1 Å². The van der Waals surface area contributed by atoms with Crippen LogP contribution in [-0.4, -0.2) is 53.3 Å². The maximum atomic E-state index is 12.9. The highest BCUT2D eigenvalue weighted by Crippen LogP contribution is 2.24. The van der Waals surface area contributed by atoms with Gasteiger partial charge < -0.3 is 19.2 Å². The van der Waals surface area contributed by atoms with E-state index in [-0.39, 0.29) is 37.8 Å². The number of hydrogen-bond donors (Lipinski definition) is 1. The third-order valence-electron chi connectivity index (χ3n) is 3.97. The van der Waals surface area contributed by atoms with Crippen molar-refractivity contribution in [3.63, 3.8) is 0 Å². The van der Waals surface area contributed by atoms with Crippen LogP contribution in [0.15, 0.2) is 34.9 Å². The zero-order valence-electron chi connectivity index (χ0n) is 13.4. The Labute approximate surface area is 138 Å². The number of ether oxygens (including phenoxy) is 1. The number of nitrogens with zero attached hydrogens (tertiary/aromatic N) is 2. The molecule has 0 radical (unpaired) electrons. The maximum absolute atomic E-state index is 12.9. The smallest absolute Gasteiger partial charge is 0.223 e. The van der Waals surface area contributed by atoms with E-state index in [1.165, 1.54) is 19.2 Å². The van der Waals surface area contributed by atoms with Crippen molar-refractivity contribution in [2.45, 2.75) is 18.4 Å². The van der Waals surface area contributed by atoms with Crippen molar-refractivity contribution >= 4 is 5.91 Å². The summed E-state index contributed by atoms with van der Waals surface area (Å²) in [4.78, 5) is 17.8. The van der Waals surface area contributed by atoms with E-state index in [1.807, 2.05) is 0 Å². The highest BCUT2D eigenvalue weighted by molar-refractivity contribution is 5.77. The van der Waals surface area contributed by atoms with E-state index < -0.39 is 5.60 Å². The summed E-state index contributed by atoms with van der Waals surface area (Å²) in [6, 6.07) is 5.93. The Bertz CT molecular complexity index is 708. The van der Waals surface area contributed by atoms with Crippen molar-refractivity contribution < 1.29 is 23.4 Å². The quantitative estimate of drug-likeness (QED) is 0.869. The summed E-state index contributed by atoms with van der Waals surface area (Å²) in [5.74, 6) is 0.621. The minimum Gasteiger partial charge on any atom is -0.441 e. The zero-order chi connectivity index (χ0) is 17.2. The highest BCUT2D eigenvalue weighted by atomic mass is 19.1. The second-order valence-electron chi connectivity index (χ2n) is 6.03. The van der Waals surface area contributed by atoms with Gasteiger partial charge in [0.1, 0.15) is 11.4 Å². The van der Waals surface area contributed by atoms with Gasteiger partial charge in [-0.25, -0.2) is 9.37 Å².